The van der Waals surface area contributed by atoms with Crippen LogP contribution in [0.5, 0.6) is 11.5 Å². The number of ether oxygens (including phenoxy) is 2. The fraction of sp³-hybridized carbons (Fsp3) is 0.500. The Morgan fingerprint density at radius 3 is 2.88 bits per heavy atom. The average Bonchev–Trinajstić information content (AvgIpc) is 2.61. The average molecular weight is 351 g/mol. The molecule has 0 radical (unpaired) electrons. The van der Waals surface area contributed by atoms with Crippen molar-refractivity contribution in [3.63, 3.8) is 0 Å². The summed E-state index contributed by atoms with van der Waals surface area (Å²) in [4.78, 5) is 11.9. The lowest BCUT2D eigenvalue weighted by Crippen LogP contribution is -2.35. The second-order valence-electron chi connectivity index (χ2n) is 6.07. The highest BCUT2D eigenvalue weighted by atomic mass is 35.5. The van der Waals surface area contributed by atoms with Crippen molar-refractivity contribution in [3.05, 3.63) is 34.4 Å². The normalized spacial score (nSPS) is 16.3. The molecule has 0 saturated carbocycles. The van der Waals surface area contributed by atoms with Crippen molar-refractivity contribution in [2.75, 3.05) is 19.8 Å². The van der Waals surface area contributed by atoms with E-state index in [4.69, 9.17) is 21.1 Å². The third-order valence-electron chi connectivity index (χ3n) is 4.23. The van der Waals surface area contributed by atoms with Crippen LogP contribution in [0.3, 0.4) is 0 Å². The summed E-state index contributed by atoms with van der Waals surface area (Å²) in [5.74, 6) is 1.21. The van der Waals surface area contributed by atoms with E-state index in [1.165, 1.54) is 31.3 Å². The van der Waals surface area contributed by atoms with Crippen LogP contribution in [0.4, 0.5) is 4.79 Å². The molecular weight excluding hydrogens is 328 g/mol. The molecule has 1 heterocycles. The number of carbonyl (C=O) groups excluding carboxylic acids is 1. The molecule has 0 fully saturated rings. The zero-order chi connectivity index (χ0) is 16.8. The number of hydrogen-bond donors (Lipinski definition) is 2. The second-order valence-corrected chi connectivity index (χ2v) is 6.48. The molecule has 1 aliphatic heterocycles. The van der Waals surface area contributed by atoms with Gasteiger partial charge in [0.1, 0.15) is 13.2 Å². The number of urea groups is 1. The van der Waals surface area contributed by atoms with Crippen LogP contribution < -0.4 is 20.1 Å². The Balaban J connectivity index is 1.44. The fourth-order valence-corrected chi connectivity index (χ4v) is 3.27. The van der Waals surface area contributed by atoms with E-state index < -0.39 is 0 Å². The summed E-state index contributed by atoms with van der Waals surface area (Å²) in [6.07, 6.45) is 8.13. The Labute approximate surface area is 147 Å². The zero-order valence-electron chi connectivity index (χ0n) is 13.7. The lowest BCUT2D eigenvalue weighted by molar-refractivity contribution is 0.171. The summed E-state index contributed by atoms with van der Waals surface area (Å²) >= 11 is 6.19. The van der Waals surface area contributed by atoms with E-state index in [1.54, 1.807) is 6.07 Å². The number of amides is 2. The van der Waals surface area contributed by atoms with Gasteiger partial charge in [-0.3, -0.25) is 0 Å². The van der Waals surface area contributed by atoms with Gasteiger partial charge >= 0.3 is 6.03 Å². The summed E-state index contributed by atoms with van der Waals surface area (Å²) < 4.78 is 11.0. The number of rotatable bonds is 5. The minimum Gasteiger partial charge on any atom is -0.486 e. The second kappa shape index (κ2) is 8.29. The molecular formula is C18H23ClN2O3. The molecule has 6 heteroatoms. The van der Waals surface area contributed by atoms with E-state index in [0.29, 0.717) is 42.8 Å². The predicted octanol–water partition coefficient (Wildman–Crippen LogP) is 3.80. The molecule has 1 aliphatic carbocycles. The van der Waals surface area contributed by atoms with Crippen molar-refractivity contribution in [1.82, 2.24) is 10.6 Å². The number of allylic oxidation sites excluding steroid dienone is 1. The first-order valence-electron chi connectivity index (χ1n) is 8.50. The molecule has 1 aromatic carbocycles. The van der Waals surface area contributed by atoms with Crippen LogP contribution in [0.2, 0.25) is 5.02 Å². The molecule has 2 aliphatic rings. The van der Waals surface area contributed by atoms with Gasteiger partial charge < -0.3 is 20.1 Å². The summed E-state index contributed by atoms with van der Waals surface area (Å²) in [5.41, 5.74) is 2.34. The van der Waals surface area contributed by atoms with Crippen molar-refractivity contribution < 1.29 is 14.3 Å². The minimum absolute atomic E-state index is 0.169. The van der Waals surface area contributed by atoms with Gasteiger partial charge in [-0.15, -0.1) is 0 Å². The number of fused-ring (bicyclic) bond motifs is 1. The number of benzene rings is 1. The largest absolute Gasteiger partial charge is 0.486 e. The maximum Gasteiger partial charge on any atom is 0.315 e. The Hall–Kier alpha value is -1.88. The van der Waals surface area contributed by atoms with Crippen molar-refractivity contribution in [3.8, 4) is 11.5 Å². The molecule has 0 aromatic heterocycles. The number of halogens is 1. The zero-order valence-corrected chi connectivity index (χ0v) is 14.5. The van der Waals surface area contributed by atoms with E-state index in [9.17, 15) is 4.79 Å². The topological polar surface area (TPSA) is 59.6 Å². The lowest BCUT2D eigenvalue weighted by Gasteiger charge is -2.20. The van der Waals surface area contributed by atoms with Gasteiger partial charge in [-0.25, -0.2) is 4.79 Å². The first kappa shape index (κ1) is 17.0. The third-order valence-corrected chi connectivity index (χ3v) is 4.51. The van der Waals surface area contributed by atoms with Crippen molar-refractivity contribution in [1.29, 1.82) is 0 Å². The summed E-state index contributed by atoms with van der Waals surface area (Å²) in [6, 6.07) is 3.48. The summed E-state index contributed by atoms with van der Waals surface area (Å²) in [5, 5.41) is 6.25. The van der Waals surface area contributed by atoms with Gasteiger partial charge in [0.15, 0.2) is 11.5 Å². The molecule has 0 spiro atoms. The SMILES string of the molecule is O=C(NCCC1=CCCCC1)NCc1cc(Cl)c2c(c1)OCCO2. The van der Waals surface area contributed by atoms with Gasteiger partial charge in [0, 0.05) is 13.1 Å². The number of nitrogens with one attached hydrogen (secondary N) is 2. The molecule has 0 saturated heterocycles. The highest BCUT2D eigenvalue weighted by molar-refractivity contribution is 6.32. The highest BCUT2D eigenvalue weighted by Gasteiger charge is 2.16. The maximum absolute atomic E-state index is 11.9. The molecule has 24 heavy (non-hydrogen) atoms. The highest BCUT2D eigenvalue weighted by Crippen LogP contribution is 2.38. The van der Waals surface area contributed by atoms with Crippen LogP contribution in [0.25, 0.3) is 0 Å². The molecule has 0 unspecified atom stereocenters. The van der Waals surface area contributed by atoms with Gasteiger partial charge in [0.05, 0.1) is 5.02 Å². The molecule has 2 amide bonds. The lowest BCUT2D eigenvalue weighted by atomic mass is 9.97. The van der Waals surface area contributed by atoms with Gasteiger partial charge in [-0.1, -0.05) is 23.3 Å². The Kier molecular flexibility index (Phi) is 5.86. The quantitative estimate of drug-likeness (QED) is 0.794. The fourth-order valence-electron chi connectivity index (χ4n) is 2.98. The van der Waals surface area contributed by atoms with E-state index in [-0.39, 0.29) is 6.03 Å². The Morgan fingerprint density at radius 2 is 2.04 bits per heavy atom. The monoisotopic (exact) mass is 350 g/mol. The third kappa shape index (κ3) is 4.57. The molecule has 130 valence electrons. The minimum atomic E-state index is -0.169. The van der Waals surface area contributed by atoms with Gasteiger partial charge in [-0.05, 0) is 49.8 Å². The Morgan fingerprint density at radius 1 is 1.17 bits per heavy atom. The first-order chi connectivity index (χ1) is 11.7. The van der Waals surface area contributed by atoms with E-state index in [1.807, 2.05) is 6.07 Å². The van der Waals surface area contributed by atoms with Crippen LogP contribution in [-0.4, -0.2) is 25.8 Å². The standard InChI is InChI=1S/C18H23ClN2O3/c19-15-10-14(11-16-17(15)24-9-8-23-16)12-21-18(22)20-7-6-13-4-2-1-3-5-13/h4,10-11H,1-3,5-9,12H2,(H2,20,21,22). The number of carbonyl (C=O) groups is 1. The molecule has 0 bridgehead atoms. The van der Waals surface area contributed by atoms with Gasteiger partial charge in [-0.2, -0.15) is 0 Å². The smallest absolute Gasteiger partial charge is 0.315 e. The van der Waals surface area contributed by atoms with Gasteiger partial charge in [0.2, 0.25) is 0 Å². The molecule has 0 atom stereocenters. The molecule has 2 N–H and O–H groups in total. The van der Waals surface area contributed by atoms with Crippen LogP contribution in [0, 0.1) is 0 Å². The molecule has 5 nitrogen and oxygen atoms in total. The number of hydrogen-bond acceptors (Lipinski definition) is 3. The first-order valence-corrected chi connectivity index (χ1v) is 8.88. The predicted molar refractivity (Wildman–Crippen MR) is 93.8 cm³/mol. The van der Waals surface area contributed by atoms with Crippen LogP contribution in [0.15, 0.2) is 23.8 Å². The van der Waals surface area contributed by atoms with Crippen molar-refractivity contribution >= 4 is 17.6 Å². The van der Waals surface area contributed by atoms with Crippen molar-refractivity contribution in [2.24, 2.45) is 0 Å². The molecule has 3 rings (SSSR count). The van der Waals surface area contributed by atoms with Crippen molar-refractivity contribution in [2.45, 2.75) is 38.6 Å². The van der Waals surface area contributed by atoms with Crippen LogP contribution in [0.1, 0.15) is 37.7 Å². The molecule has 1 aromatic rings. The van der Waals surface area contributed by atoms with E-state index in [0.717, 1.165) is 12.0 Å². The summed E-state index contributed by atoms with van der Waals surface area (Å²) in [7, 11) is 0. The van der Waals surface area contributed by atoms with Crippen LogP contribution >= 0.6 is 11.6 Å². The maximum atomic E-state index is 11.9. The van der Waals surface area contributed by atoms with E-state index >= 15 is 0 Å². The van der Waals surface area contributed by atoms with Gasteiger partial charge in [0.25, 0.3) is 0 Å². The summed E-state index contributed by atoms with van der Waals surface area (Å²) in [6.45, 7) is 2.07. The Bertz CT molecular complexity index is 631. The van der Waals surface area contributed by atoms with Crippen LogP contribution in [-0.2, 0) is 6.54 Å². The van der Waals surface area contributed by atoms with E-state index in [2.05, 4.69) is 16.7 Å².